The molecule has 0 unspecified atom stereocenters. The topological polar surface area (TPSA) is 78.0 Å². The number of hydrogen-bond acceptors (Lipinski definition) is 5. The molecule has 3 heterocycles. The predicted octanol–water partition coefficient (Wildman–Crippen LogP) is 4.30. The van der Waals surface area contributed by atoms with Gasteiger partial charge in [0.05, 0.1) is 23.9 Å². The first kappa shape index (κ1) is 20.9. The van der Waals surface area contributed by atoms with Gasteiger partial charge in [0.1, 0.15) is 23.3 Å². The van der Waals surface area contributed by atoms with Crippen molar-refractivity contribution in [1.29, 1.82) is 5.26 Å². The van der Waals surface area contributed by atoms with E-state index in [-0.39, 0.29) is 24.2 Å². The summed E-state index contributed by atoms with van der Waals surface area (Å²) in [5.74, 6) is 0.654. The monoisotopic (exact) mass is 427 g/mol. The molecule has 1 aromatic carbocycles. The van der Waals surface area contributed by atoms with E-state index in [9.17, 15) is 23.5 Å². The van der Waals surface area contributed by atoms with Crippen LogP contribution in [0.2, 0.25) is 0 Å². The molecular formula is C22H20F3N5O. The third-order valence-electron chi connectivity index (χ3n) is 5.46. The van der Waals surface area contributed by atoms with Crippen molar-refractivity contribution in [2.45, 2.75) is 38.6 Å². The fourth-order valence-electron chi connectivity index (χ4n) is 4.13. The van der Waals surface area contributed by atoms with Crippen molar-refractivity contribution in [2.24, 2.45) is 0 Å². The molecule has 0 bridgehead atoms. The Morgan fingerprint density at radius 1 is 1.29 bits per heavy atom. The molecule has 0 radical (unpaired) electrons. The summed E-state index contributed by atoms with van der Waals surface area (Å²) in [4.78, 5) is 10.5. The molecular weight excluding hydrogens is 407 g/mol. The number of nitriles is 1. The molecule has 9 heteroatoms. The van der Waals surface area contributed by atoms with E-state index in [1.165, 1.54) is 6.92 Å². The van der Waals surface area contributed by atoms with Crippen LogP contribution in [-0.4, -0.2) is 26.2 Å². The third kappa shape index (κ3) is 3.75. The van der Waals surface area contributed by atoms with Crippen molar-refractivity contribution in [3.05, 3.63) is 70.9 Å². The van der Waals surface area contributed by atoms with Gasteiger partial charge in [0.15, 0.2) is 0 Å². The maximum absolute atomic E-state index is 13.6. The fraction of sp³-hybridized carbons (Fsp3) is 0.318. The maximum atomic E-state index is 13.6. The van der Waals surface area contributed by atoms with Crippen LogP contribution in [0.4, 0.5) is 19.0 Å². The van der Waals surface area contributed by atoms with Gasteiger partial charge in [-0.05, 0) is 31.9 Å². The zero-order valence-corrected chi connectivity index (χ0v) is 16.8. The average molecular weight is 427 g/mol. The Balaban J connectivity index is 1.83. The Morgan fingerprint density at radius 3 is 2.77 bits per heavy atom. The molecule has 2 aromatic heterocycles. The summed E-state index contributed by atoms with van der Waals surface area (Å²) in [6.45, 7) is 1.79. The average Bonchev–Trinajstić information content (AvgIpc) is 3.41. The minimum Gasteiger partial charge on any atom is -0.392 e. The molecule has 160 valence electrons. The number of aliphatic hydroxyl groups is 1. The number of alkyl halides is 3. The van der Waals surface area contributed by atoms with E-state index in [1.807, 2.05) is 22.8 Å². The Kier molecular flexibility index (Phi) is 5.41. The first-order chi connectivity index (χ1) is 14.8. The number of nitrogens with zero attached hydrogens (tertiary/aromatic N) is 5. The predicted molar refractivity (Wildman–Crippen MR) is 107 cm³/mol. The largest absolute Gasteiger partial charge is 0.417 e. The van der Waals surface area contributed by atoms with Gasteiger partial charge in [0.2, 0.25) is 0 Å². The van der Waals surface area contributed by atoms with E-state index < -0.39 is 17.3 Å². The molecule has 0 saturated carbocycles. The molecule has 3 aromatic rings. The third-order valence-corrected chi connectivity index (χ3v) is 5.46. The maximum Gasteiger partial charge on any atom is 0.417 e. The first-order valence-corrected chi connectivity index (χ1v) is 9.83. The highest BCUT2D eigenvalue weighted by atomic mass is 19.4. The molecule has 4 rings (SSSR count). The molecule has 1 N–H and O–H groups in total. The lowest BCUT2D eigenvalue weighted by atomic mass is 10.1. The lowest BCUT2D eigenvalue weighted by molar-refractivity contribution is -0.137. The quantitative estimate of drug-likeness (QED) is 0.672. The summed E-state index contributed by atoms with van der Waals surface area (Å²) in [6, 6.07) is 9.59. The van der Waals surface area contributed by atoms with E-state index in [4.69, 9.17) is 0 Å². The molecule has 0 amide bonds. The van der Waals surface area contributed by atoms with Crippen LogP contribution < -0.4 is 4.90 Å². The van der Waals surface area contributed by atoms with Crippen molar-refractivity contribution in [2.75, 3.05) is 11.4 Å². The number of aryl methyl sites for hydroxylation is 1. The van der Waals surface area contributed by atoms with Gasteiger partial charge in [-0.25, -0.2) is 9.97 Å². The van der Waals surface area contributed by atoms with Crippen LogP contribution in [0.1, 0.15) is 47.1 Å². The summed E-state index contributed by atoms with van der Waals surface area (Å²) < 4.78 is 42.6. The second-order valence-corrected chi connectivity index (χ2v) is 7.41. The van der Waals surface area contributed by atoms with Crippen LogP contribution >= 0.6 is 0 Å². The number of rotatable bonds is 4. The van der Waals surface area contributed by atoms with E-state index >= 15 is 0 Å². The molecule has 0 spiro atoms. The summed E-state index contributed by atoms with van der Waals surface area (Å²) >= 11 is 0. The van der Waals surface area contributed by atoms with Gasteiger partial charge >= 0.3 is 6.18 Å². The molecule has 0 aliphatic carbocycles. The Morgan fingerprint density at radius 2 is 2.06 bits per heavy atom. The summed E-state index contributed by atoms with van der Waals surface area (Å²) in [5.41, 5.74) is 0.201. The van der Waals surface area contributed by atoms with Crippen molar-refractivity contribution >= 4 is 5.82 Å². The molecule has 1 atom stereocenters. The van der Waals surface area contributed by atoms with Gasteiger partial charge in [-0.1, -0.05) is 18.2 Å². The SMILES string of the molecule is Cc1cc(C(F)(F)F)c(C#N)c(N2CCC[C@H]2c2nccn2-c2ccccc2CO)n1. The summed E-state index contributed by atoms with van der Waals surface area (Å²) in [6.07, 6.45) is 0.106. The number of anilines is 1. The van der Waals surface area contributed by atoms with Crippen molar-refractivity contribution in [3.8, 4) is 11.8 Å². The number of aliphatic hydroxyl groups excluding tert-OH is 1. The van der Waals surface area contributed by atoms with Crippen LogP contribution in [0.3, 0.4) is 0 Å². The second-order valence-electron chi connectivity index (χ2n) is 7.41. The van der Waals surface area contributed by atoms with Crippen LogP contribution in [0.15, 0.2) is 42.7 Å². The van der Waals surface area contributed by atoms with Gasteiger partial charge in [-0.3, -0.25) is 0 Å². The zero-order chi connectivity index (χ0) is 22.2. The molecule has 1 fully saturated rings. The van der Waals surface area contributed by atoms with Gasteiger partial charge in [-0.2, -0.15) is 18.4 Å². The first-order valence-electron chi connectivity index (χ1n) is 9.83. The molecule has 6 nitrogen and oxygen atoms in total. The number of imidazole rings is 1. The minimum atomic E-state index is -4.65. The van der Waals surface area contributed by atoms with E-state index in [2.05, 4.69) is 9.97 Å². The van der Waals surface area contributed by atoms with Crippen LogP contribution in [0, 0.1) is 18.3 Å². The van der Waals surface area contributed by atoms with Gasteiger partial charge < -0.3 is 14.6 Å². The van der Waals surface area contributed by atoms with E-state index in [1.54, 1.807) is 29.4 Å². The van der Waals surface area contributed by atoms with Crippen LogP contribution in [-0.2, 0) is 12.8 Å². The Bertz CT molecular complexity index is 1150. The lowest BCUT2D eigenvalue weighted by Gasteiger charge is -2.28. The number of halogens is 3. The highest BCUT2D eigenvalue weighted by molar-refractivity contribution is 5.61. The van der Waals surface area contributed by atoms with Crippen LogP contribution in [0.5, 0.6) is 0 Å². The highest BCUT2D eigenvalue weighted by Gasteiger charge is 2.39. The van der Waals surface area contributed by atoms with Crippen molar-refractivity contribution in [3.63, 3.8) is 0 Å². The summed E-state index contributed by atoms with van der Waals surface area (Å²) in [5, 5.41) is 19.3. The normalized spacial score (nSPS) is 16.5. The molecule has 1 saturated heterocycles. The van der Waals surface area contributed by atoms with Gasteiger partial charge in [0, 0.05) is 30.2 Å². The number of pyridine rings is 1. The fourth-order valence-corrected chi connectivity index (χ4v) is 4.13. The number of hydrogen-bond donors (Lipinski definition) is 1. The smallest absolute Gasteiger partial charge is 0.392 e. The molecule has 31 heavy (non-hydrogen) atoms. The minimum absolute atomic E-state index is 0.0299. The van der Waals surface area contributed by atoms with Crippen molar-refractivity contribution in [1.82, 2.24) is 14.5 Å². The zero-order valence-electron chi connectivity index (χ0n) is 16.8. The van der Waals surface area contributed by atoms with Crippen molar-refractivity contribution < 1.29 is 18.3 Å². The summed E-state index contributed by atoms with van der Waals surface area (Å²) in [7, 11) is 0. The highest BCUT2D eigenvalue weighted by Crippen LogP contribution is 2.41. The van der Waals surface area contributed by atoms with Gasteiger partial charge in [-0.15, -0.1) is 0 Å². The van der Waals surface area contributed by atoms with E-state index in [0.717, 1.165) is 18.2 Å². The number of benzene rings is 1. The Hall–Kier alpha value is -3.38. The van der Waals surface area contributed by atoms with Crippen LogP contribution in [0.25, 0.3) is 5.69 Å². The molecule has 1 aliphatic heterocycles. The second kappa shape index (κ2) is 8.04. The van der Waals surface area contributed by atoms with E-state index in [0.29, 0.717) is 24.4 Å². The lowest BCUT2D eigenvalue weighted by Crippen LogP contribution is -2.28. The number of aromatic nitrogens is 3. The molecule has 1 aliphatic rings. The number of para-hydroxylation sites is 1. The standard InChI is InChI=1S/C22H20F3N5O/c1-14-11-17(22(23,24)25)16(12-26)20(28-14)29-9-4-7-19(29)21-27-8-10-30(21)18-6-3-2-5-15(18)13-31/h2-3,5-6,8,10-11,19,31H,4,7,9,13H2,1H3/t19-/m0/s1. The Labute approximate surface area is 177 Å². The van der Waals surface area contributed by atoms with Gasteiger partial charge in [0.25, 0.3) is 0 Å².